The van der Waals surface area contributed by atoms with Crippen molar-refractivity contribution >= 4 is 5.97 Å². The van der Waals surface area contributed by atoms with Crippen molar-refractivity contribution in [2.75, 3.05) is 0 Å². The molecule has 0 aliphatic carbocycles. The average molecular weight is 287 g/mol. The Morgan fingerprint density at radius 2 is 1.90 bits per heavy atom. The van der Waals surface area contributed by atoms with Crippen LogP contribution in [0.1, 0.15) is 5.56 Å². The van der Waals surface area contributed by atoms with Crippen LogP contribution in [0.2, 0.25) is 0 Å². The van der Waals surface area contributed by atoms with Crippen molar-refractivity contribution in [3.8, 4) is 5.69 Å². The van der Waals surface area contributed by atoms with Crippen molar-refractivity contribution in [1.82, 2.24) is 9.78 Å². The molecular formula is C12H12F3N3O2. The summed E-state index contributed by atoms with van der Waals surface area (Å²) >= 11 is 0. The van der Waals surface area contributed by atoms with Gasteiger partial charge in [0.1, 0.15) is 0 Å². The maximum absolute atomic E-state index is 10.6. The van der Waals surface area contributed by atoms with Gasteiger partial charge in [0, 0.05) is 18.9 Å². The van der Waals surface area contributed by atoms with E-state index in [4.69, 9.17) is 15.6 Å². The molecule has 3 N–H and O–H groups in total. The summed E-state index contributed by atoms with van der Waals surface area (Å²) in [6, 6.07) is 9.88. The number of nitrogens with zero attached hydrogens (tertiary/aromatic N) is 2. The summed E-state index contributed by atoms with van der Waals surface area (Å²) in [7, 11) is 0. The lowest BCUT2D eigenvalue weighted by Gasteiger charge is -2.06. The summed E-state index contributed by atoms with van der Waals surface area (Å²) in [6.45, 7) is 0.538. The van der Waals surface area contributed by atoms with Crippen molar-refractivity contribution in [2.24, 2.45) is 5.73 Å². The Hall–Kier alpha value is -2.35. The lowest BCUT2D eigenvalue weighted by Crippen LogP contribution is -2.21. The van der Waals surface area contributed by atoms with E-state index in [2.05, 4.69) is 5.10 Å². The van der Waals surface area contributed by atoms with E-state index < -0.39 is 12.1 Å². The second-order valence-corrected chi connectivity index (χ2v) is 3.59. The average Bonchev–Trinajstić information content (AvgIpc) is 2.92. The Morgan fingerprint density at radius 1 is 1.30 bits per heavy atom. The van der Waals surface area contributed by atoms with E-state index >= 15 is 0 Å². The number of alkyl halides is 3. The van der Waals surface area contributed by atoms with Crippen LogP contribution in [-0.4, -0.2) is 27.0 Å². The summed E-state index contributed by atoms with van der Waals surface area (Å²) < 4.78 is 33.6. The Morgan fingerprint density at radius 3 is 2.35 bits per heavy atom. The fourth-order valence-corrected chi connectivity index (χ4v) is 1.32. The SMILES string of the molecule is NCc1ccccc1-n1cccn1.O=C(O)C(F)(F)F. The molecule has 0 saturated carbocycles. The number of hydrogen-bond donors (Lipinski definition) is 2. The number of hydrogen-bond acceptors (Lipinski definition) is 3. The van der Waals surface area contributed by atoms with Crippen LogP contribution in [0.15, 0.2) is 42.7 Å². The Labute approximate surface area is 112 Å². The Kier molecular flexibility index (Phi) is 5.27. The van der Waals surface area contributed by atoms with Gasteiger partial charge in [0.25, 0.3) is 0 Å². The van der Waals surface area contributed by atoms with E-state index in [-0.39, 0.29) is 0 Å². The minimum atomic E-state index is -5.08. The molecule has 1 aromatic heterocycles. The van der Waals surface area contributed by atoms with Crippen LogP contribution in [-0.2, 0) is 11.3 Å². The molecule has 108 valence electrons. The van der Waals surface area contributed by atoms with Gasteiger partial charge >= 0.3 is 12.1 Å². The maximum atomic E-state index is 10.6. The summed E-state index contributed by atoms with van der Waals surface area (Å²) in [5.74, 6) is -2.76. The molecular weight excluding hydrogens is 275 g/mol. The predicted octanol–water partition coefficient (Wildman–Crippen LogP) is 1.96. The van der Waals surface area contributed by atoms with Gasteiger partial charge in [0.05, 0.1) is 5.69 Å². The highest BCUT2D eigenvalue weighted by atomic mass is 19.4. The molecule has 1 aromatic carbocycles. The molecule has 8 heteroatoms. The first-order valence-electron chi connectivity index (χ1n) is 5.44. The first kappa shape index (κ1) is 15.7. The minimum absolute atomic E-state index is 0.538. The summed E-state index contributed by atoms with van der Waals surface area (Å²) in [5.41, 5.74) is 7.77. The van der Waals surface area contributed by atoms with E-state index in [1.165, 1.54) is 0 Å². The van der Waals surface area contributed by atoms with Crippen LogP contribution < -0.4 is 5.73 Å². The van der Waals surface area contributed by atoms with Crippen LogP contribution in [0.5, 0.6) is 0 Å². The van der Waals surface area contributed by atoms with Crippen molar-refractivity contribution in [3.05, 3.63) is 48.3 Å². The highest BCUT2D eigenvalue weighted by Gasteiger charge is 2.38. The molecule has 0 atom stereocenters. The van der Waals surface area contributed by atoms with Gasteiger partial charge in [-0.25, -0.2) is 9.48 Å². The third kappa shape index (κ3) is 4.39. The molecule has 1 heterocycles. The van der Waals surface area contributed by atoms with Crippen LogP contribution in [0.4, 0.5) is 13.2 Å². The number of halogens is 3. The highest BCUT2D eigenvalue weighted by Crippen LogP contribution is 2.13. The van der Waals surface area contributed by atoms with E-state index in [1.807, 2.05) is 41.2 Å². The lowest BCUT2D eigenvalue weighted by atomic mass is 10.2. The normalized spacial score (nSPS) is 10.6. The van der Waals surface area contributed by atoms with E-state index in [9.17, 15) is 13.2 Å². The van der Waals surface area contributed by atoms with E-state index in [0.29, 0.717) is 6.54 Å². The van der Waals surface area contributed by atoms with Gasteiger partial charge in [0.2, 0.25) is 0 Å². The number of rotatable bonds is 2. The van der Waals surface area contributed by atoms with Gasteiger partial charge in [-0.05, 0) is 17.7 Å². The molecule has 0 fully saturated rings. The summed E-state index contributed by atoms with van der Waals surface area (Å²) in [5, 5.41) is 11.3. The smallest absolute Gasteiger partial charge is 0.475 e. The fraction of sp³-hybridized carbons (Fsp3) is 0.167. The fourth-order valence-electron chi connectivity index (χ4n) is 1.32. The van der Waals surface area contributed by atoms with Crippen molar-refractivity contribution in [3.63, 3.8) is 0 Å². The zero-order valence-electron chi connectivity index (χ0n) is 10.2. The van der Waals surface area contributed by atoms with Gasteiger partial charge in [-0.1, -0.05) is 18.2 Å². The van der Waals surface area contributed by atoms with Crippen molar-refractivity contribution in [2.45, 2.75) is 12.7 Å². The van der Waals surface area contributed by atoms with Gasteiger partial charge in [-0.3, -0.25) is 0 Å². The Bertz CT molecular complexity index is 553. The molecule has 0 aliphatic rings. The van der Waals surface area contributed by atoms with Crippen molar-refractivity contribution in [1.29, 1.82) is 0 Å². The second kappa shape index (κ2) is 6.71. The van der Waals surface area contributed by atoms with E-state index in [0.717, 1.165) is 11.3 Å². The molecule has 20 heavy (non-hydrogen) atoms. The van der Waals surface area contributed by atoms with Gasteiger partial charge in [-0.2, -0.15) is 18.3 Å². The first-order valence-corrected chi connectivity index (χ1v) is 5.44. The van der Waals surface area contributed by atoms with Gasteiger partial charge in [-0.15, -0.1) is 0 Å². The number of carboxylic acid groups (broad SMARTS) is 1. The number of nitrogens with two attached hydrogens (primary N) is 1. The molecule has 0 spiro atoms. The predicted molar refractivity (Wildman–Crippen MR) is 65.1 cm³/mol. The zero-order chi connectivity index (χ0) is 15.2. The number of para-hydroxylation sites is 1. The topological polar surface area (TPSA) is 81.1 Å². The number of carboxylic acids is 1. The molecule has 0 radical (unpaired) electrons. The highest BCUT2D eigenvalue weighted by molar-refractivity contribution is 5.73. The van der Waals surface area contributed by atoms with Crippen molar-refractivity contribution < 1.29 is 23.1 Å². The molecule has 0 bridgehead atoms. The second-order valence-electron chi connectivity index (χ2n) is 3.59. The van der Waals surface area contributed by atoms with Gasteiger partial charge in [0.15, 0.2) is 0 Å². The molecule has 0 aliphatic heterocycles. The minimum Gasteiger partial charge on any atom is -0.475 e. The molecule has 5 nitrogen and oxygen atoms in total. The summed E-state index contributed by atoms with van der Waals surface area (Å²) in [6.07, 6.45) is -1.41. The zero-order valence-corrected chi connectivity index (χ0v) is 10.2. The lowest BCUT2D eigenvalue weighted by molar-refractivity contribution is -0.192. The number of carbonyl (C=O) groups is 1. The summed E-state index contributed by atoms with van der Waals surface area (Å²) in [4.78, 5) is 8.90. The monoisotopic (exact) mass is 287 g/mol. The standard InChI is InChI=1S/C10H11N3.C2HF3O2/c11-8-9-4-1-2-5-10(9)13-7-3-6-12-13;3-2(4,5)1(6)7/h1-7H,8,11H2;(H,6,7). The molecule has 0 saturated heterocycles. The first-order chi connectivity index (χ1) is 9.36. The third-order valence-electron chi connectivity index (χ3n) is 2.21. The number of aromatic nitrogens is 2. The molecule has 0 unspecified atom stereocenters. The van der Waals surface area contributed by atoms with Crippen LogP contribution in [0, 0.1) is 0 Å². The molecule has 2 rings (SSSR count). The van der Waals surface area contributed by atoms with Gasteiger partial charge < -0.3 is 10.8 Å². The molecule has 0 amide bonds. The van der Waals surface area contributed by atoms with E-state index in [1.54, 1.807) is 6.20 Å². The molecule has 2 aromatic rings. The number of aliphatic carboxylic acids is 1. The van der Waals surface area contributed by atoms with Crippen LogP contribution in [0.3, 0.4) is 0 Å². The largest absolute Gasteiger partial charge is 0.490 e. The maximum Gasteiger partial charge on any atom is 0.490 e. The quantitative estimate of drug-likeness (QED) is 0.884. The third-order valence-corrected chi connectivity index (χ3v) is 2.21. The van der Waals surface area contributed by atoms with Crippen LogP contribution >= 0.6 is 0 Å². The number of benzene rings is 1. The van der Waals surface area contributed by atoms with Crippen LogP contribution in [0.25, 0.3) is 5.69 Å². The Balaban J connectivity index is 0.000000246.